The number of aromatic nitrogens is 1. The van der Waals surface area contributed by atoms with E-state index in [2.05, 4.69) is 6.92 Å². The fourth-order valence-corrected chi connectivity index (χ4v) is 2.96. The largest absolute Gasteiger partial charge is 0.419 e. The summed E-state index contributed by atoms with van der Waals surface area (Å²) in [5.74, 6) is -0.296. The van der Waals surface area contributed by atoms with Gasteiger partial charge >= 0.3 is 5.76 Å². The van der Waals surface area contributed by atoms with Gasteiger partial charge in [-0.15, -0.1) is 11.6 Å². The number of aryl methyl sites for hydroxylation is 1. The molecule has 2 aromatic rings. The lowest BCUT2D eigenvalue weighted by molar-refractivity contribution is 0.513. The molecule has 1 heterocycles. The molecule has 0 saturated heterocycles. The van der Waals surface area contributed by atoms with E-state index in [1.807, 2.05) is 25.1 Å². The molecular formula is C17H24ClNO2. The van der Waals surface area contributed by atoms with Crippen LogP contribution < -0.4 is 5.76 Å². The first kappa shape index (κ1) is 16.2. The van der Waals surface area contributed by atoms with Crippen LogP contribution in [0.25, 0.3) is 11.1 Å². The number of unbranched alkanes of at least 4 members (excludes halogenated alkanes) is 4. The van der Waals surface area contributed by atoms with Crippen molar-refractivity contribution in [3.63, 3.8) is 0 Å². The van der Waals surface area contributed by atoms with Crippen LogP contribution in [0.3, 0.4) is 0 Å². The van der Waals surface area contributed by atoms with Gasteiger partial charge in [0.15, 0.2) is 5.58 Å². The normalized spacial score (nSPS) is 12.9. The Morgan fingerprint density at radius 3 is 2.67 bits per heavy atom. The highest BCUT2D eigenvalue weighted by Gasteiger charge is 2.12. The van der Waals surface area contributed by atoms with Crippen LogP contribution >= 0.6 is 11.6 Å². The minimum absolute atomic E-state index is 0.00805. The standard InChI is InChI=1S/C17H24ClNO2/c1-3-5-6-7-8-9-14(18)13-10-11-15-16(12-13)21-17(20)19(15)4-2/h10-12,14H,3-9H2,1-2H3. The number of halogens is 1. The SMILES string of the molecule is CCCCCCCC(Cl)c1ccc2c(c1)oc(=O)n2CC. The van der Waals surface area contributed by atoms with Gasteiger partial charge in [0.1, 0.15) is 0 Å². The van der Waals surface area contributed by atoms with E-state index < -0.39 is 0 Å². The van der Waals surface area contributed by atoms with E-state index in [9.17, 15) is 4.79 Å². The number of benzene rings is 1. The molecule has 0 aliphatic heterocycles. The summed E-state index contributed by atoms with van der Waals surface area (Å²) in [5.41, 5.74) is 2.52. The highest BCUT2D eigenvalue weighted by Crippen LogP contribution is 2.29. The third kappa shape index (κ3) is 3.91. The molecular weight excluding hydrogens is 286 g/mol. The molecule has 0 saturated carbocycles. The van der Waals surface area contributed by atoms with Crippen molar-refractivity contribution in [2.45, 2.75) is 64.3 Å². The highest BCUT2D eigenvalue weighted by molar-refractivity contribution is 6.20. The number of fused-ring (bicyclic) bond motifs is 1. The highest BCUT2D eigenvalue weighted by atomic mass is 35.5. The Morgan fingerprint density at radius 2 is 1.95 bits per heavy atom. The van der Waals surface area contributed by atoms with Crippen LogP contribution in [0.4, 0.5) is 0 Å². The van der Waals surface area contributed by atoms with Crippen molar-refractivity contribution in [1.29, 1.82) is 0 Å². The van der Waals surface area contributed by atoms with Gasteiger partial charge in [0.2, 0.25) is 0 Å². The first-order valence-electron chi connectivity index (χ1n) is 7.94. The minimum Gasteiger partial charge on any atom is -0.408 e. The fourth-order valence-electron chi connectivity index (χ4n) is 2.67. The zero-order valence-corrected chi connectivity index (χ0v) is 13.7. The maximum Gasteiger partial charge on any atom is 0.419 e. The Morgan fingerprint density at radius 1 is 1.19 bits per heavy atom. The van der Waals surface area contributed by atoms with Crippen LogP contribution in [0, 0.1) is 0 Å². The van der Waals surface area contributed by atoms with Crippen LogP contribution in [-0.4, -0.2) is 4.57 Å². The van der Waals surface area contributed by atoms with Gasteiger partial charge in [-0.2, -0.15) is 0 Å². The molecule has 116 valence electrons. The third-order valence-electron chi connectivity index (χ3n) is 3.93. The van der Waals surface area contributed by atoms with Gasteiger partial charge in [-0.05, 0) is 31.0 Å². The third-order valence-corrected chi connectivity index (χ3v) is 4.40. The van der Waals surface area contributed by atoms with Crippen molar-refractivity contribution < 1.29 is 4.42 Å². The Kier molecular flexibility index (Phi) is 5.92. The average molecular weight is 310 g/mol. The summed E-state index contributed by atoms with van der Waals surface area (Å²) in [7, 11) is 0. The summed E-state index contributed by atoms with van der Waals surface area (Å²) in [6.45, 7) is 4.77. The molecule has 1 aromatic heterocycles. The van der Waals surface area contributed by atoms with Crippen LogP contribution in [0.1, 0.15) is 63.3 Å². The van der Waals surface area contributed by atoms with E-state index in [-0.39, 0.29) is 11.1 Å². The summed E-state index contributed by atoms with van der Waals surface area (Å²) >= 11 is 6.47. The van der Waals surface area contributed by atoms with Crippen molar-refractivity contribution >= 4 is 22.7 Å². The molecule has 0 bridgehead atoms. The Hall–Kier alpha value is -1.22. The molecule has 0 spiro atoms. The second-order valence-electron chi connectivity index (χ2n) is 5.51. The predicted molar refractivity (Wildman–Crippen MR) is 88.1 cm³/mol. The second kappa shape index (κ2) is 7.69. The van der Waals surface area contributed by atoms with Gasteiger partial charge in [-0.25, -0.2) is 4.79 Å². The molecule has 1 aromatic carbocycles. The molecule has 0 fully saturated rings. The number of hydrogen-bond acceptors (Lipinski definition) is 2. The molecule has 0 N–H and O–H groups in total. The molecule has 1 unspecified atom stereocenters. The smallest absolute Gasteiger partial charge is 0.408 e. The molecule has 1 atom stereocenters. The summed E-state index contributed by atoms with van der Waals surface area (Å²) in [6.07, 6.45) is 7.19. The number of alkyl halides is 1. The number of oxazole rings is 1. The summed E-state index contributed by atoms with van der Waals surface area (Å²) in [4.78, 5) is 11.7. The molecule has 2 rings (SSSR count). The number of nitrogens with zero attached hydrogens (tertiary/aromatic N) is 1. The summed E-state index contributed by atoms with van der Waals surface area (Å²) in [6, 6.07) is 5.85. The van der Waals surface area contributed by atoms with Crippen molar-refractivity contribution in [2.24, 2.45) is 0 Å². The Balaban J connectivity index is 2.03. The van der Waals surface area contributed by atoms with Crippen molar-refractivity contribution in [3.8, 4) is 0 Å². The van der Waals surface area contributed by atoms with Gasteiger partial charge < -0.3 is 4.42 Å². The van der Waals surface area contributed by atoms with Crippen molar-refractivity contribution in [3.05, 3.63) is 34.3 Å². The number of rotatable bonds is 8. The predicted octanol–water partition coefficient (Wildman–Crippen LogP) is 5.25. The van der Waals surface area contributed by atoms with E-state index in [1.165, 1.54) is 25.7 Å². The van der Waals surface area contributed by atoms with E-state index >= 15 is 0 Å². The van der Waals surface area contributed by atoms with Gasteiger partial charge in [-0.1, -0.05) is 45.1 Å². The van der Waals surface area contributed by atoms with E-state index in [0.29, 0.717) is 12.1 Å². The second-order valence-corrected chi connectivity index (χ2v) is 6.04. The average Bonchev–Trinajstić information content (AvgIpc) is 2.80. The first-order valence-corrected chi connectivity index (χ1v) is 8.38. The fraction of sp³-hybridized carbons (Fsp3) is 0.588. The molecule has 0 aliphatic rings. The van der Waals surface area contributed by atoms with Gasteiger partial charge in [-0.3, -0.25) is 4.57 Å². The lowest BCUT2D eigenvalue weighted by Gasteiger charge is -2.09. The van der Waals surface area contributed by atoms with Crippen LogP contribution in [0.15, 0.2) is 27.4 Å². The zero-order chi connectivity index (χ0) is 15.2. The van der Waals surface area contributed by atoms with Crippen LogP contribution in [0.5, 0.6) is 0 Å². The minimum atomic E-state index is -0.296. The topological polar surface area (TPSA) is 35.1 Å². The summed E-state index contributed by atoms with van der Waals surface area (Å²) in [5, 5.41) is -0.00805. The van der Waals surface area contributed by atoms with Crippen LogP contribution in [0.2, 0.25) is 0 Å². The lowest BCUT2D eigenvalue weighted by atomic mass is 10.0. The Labute approximate surface area is 130 Å². The maximum absolute atomic E-state index is 11.7. The molecule has 0 aliphatic carbocycles. The quantitative estimate of drug-likeness (QED) is 0.493. The van der Waals surface area contributed by atoms with Gasteiger partial charge in [0.05, 0.1) is 10.9 Å². The zero-order valence-electron chi connectivity index (χ0n) is 12.9. The Bertz CT molecular complexity index is 629. The molecule has 0 radical (unpaired) electrons. The van der Waals surface area contributed by atoms with E-state index in [0.717, 1.165) is 23.9 Å². The first-order chi connectivity index (χ1) is 10.2. The van der Waals surface area contributed by atoms with E-state index in [4.69, 9.17) is 16.0 Å². The maximum atomic E-state index is 11.7. The molecule has 0 amide bonds. The monoisotopic (exact) mass is 309 g/mol. The number of hydrogen-bond donors (Lipinski definition) is 0. The van der Waals surface area contributed by atoms with Crippen molar-refractivity contribution in [2.75, 3.05) is 0 Å². The molecule has 3 nitrogen and oxygen atoms in total. The molecule has 4 heteroatoms. The van der Waals surface area contributed by atoms with E-state index in [1.54, 1.807) is 4.57 Å². The lowest BCUT2D eigenvalue weighted by Crippen LogP contribution is -2.11. The van der Waals surface area contributed by atoms with Gasteiger partial charge in [0.25, 0.3) is 0 Å². The van der Waals surface area contributed by atoms with Crippen molar-refractivity contribution in [1.82, 2.24) is 4.57 Å². The van der Waals surface area contributed by atoms with Gasteiger partial charge in [0, 0.05) is 6.54 Å². The summed E-state index contributed by atoms with van der Waals surface area (Å²) < 4.78 is 6.92. The van der Waals surface area contributed by atoms with Crippen LogP contribution in [-0.2, 0) is 6.54 Å². The molecule has 21 heavy (non-hydrogen) atoms.